The van der Waals surface area contributed by atoms with Crippen molar-refractivity contribution in [3.05, 3.63) is 0 Å². The van der Waals surface area contributed by atoms with Gasteiger partial charge in [-0.25, -0.2) is 0 Å². The average Bonchev–Trinajstić information content (AvgIpc) is 0.756. The van der Waals surface area contributed by atoms with Crippen LogP contribution >= 0.6 is 0 Å². The first-order valence-corrected chi connectivity index (χ1v) is 42.1. The normalized spacial score (nSPS) is 46.7. The predicted octanol–water partition coefficient (Wildman–Crippen LogP) is -21.8. The second-order valence-corrected chi connectivity index (χ2v) is 33.2. The summed E-state index contributed by atoms with van der Waals surface area (Å²) in [6.07, 6.45) is -93.8. The van der Waals surface area contributed by atoms with E-state index in [1.807, 2.05) is 0 Å². The minimum atomic E-state index is -2.73. The fourth-order valence-corrected chi connectivity index (χ4v) is 17.1. The number of hydrogen-bond acceptors (Lipinski definition) is 51. The molecule has 0 aromatic heterocycles. The molecule has 32 N–H and O–H groups in total. The smallest absolute Gasteiger partial charge is 0.217 e. The number of rotatable bonds is 35. The van der Waals surface area contributed by atoms with Crippen LogP contribution in [0.4, 0.5) is 0 Å². The topological polar surface area (TPSA) is 885 Å². The highest BCUT2D eigenvalue weighted by molar-refractivity contribution is 5.75. The summed E-state index contributed by atoms with van der Waals surface area (Å²) < 4.78 is 117. The minimum absolute atomic E-state index is 0.826. The molecule has 0 aromatic rings. The molecule has 10 rings (SSSR count). The van der Waals surface area contributed by atoms with Crippen LogP contribution in [0.15, 0.2) is 0 Å². The number of aliphatic hydroxyl groups excluding tert-OH is 25. The molecule has 0 radical (unpaired) electrons. The summed E-state index contributed by atoms with van der Waals surface area (Å²) in [7, 11) is 0. The molecule has 10 fully saturated rings. The van der Waals surface area contributed by atoms with Crippen molar-refractivity contribution in [1.29, 1.82) is 0 Å². The van der Waals surface area contributed by atoms with E-state index in [0.717, 1.165) is 48.5 Å². The van der Waals surface area contributed by atoms with Gasteiger partial charge in [-0.15, -0.1) is 0 Å². The van der Waals surface area contributed by atoms with Crippen molar-refractivity contribution in [2.75, 3.05) is 66.1 Å². The lowest BCUT2D eigenvalue weighted by Gasteiger charge is -2.52. The van der Waals surface area contributed by atoms with Crippen LogP contribution in [-0.2, 0) is 124 Å². The van der Waals surface area contributed by atoms with Gasteiger partial charge in [-0.3, -0.25) is 33.6 Å². The molecule has 50 atom stereocenters. The maximum Gasteiger partial charge on any atom is 0.217 e. The highest BCUT2D eigenvalue weighted by atomic mass is 16.8. The largest absolute Gasteiger partial charge is 0.394 e. The van der Waals surface area contributed by atoms with Crippen LogP contribution in [0.25, 0.3) is 0 Å². The van der Waals surface area contributed by atoms with E-state index in [9.17, 15) is 161 Å². The molecule has 7 amide bonds. The molecule has 10 heterocycles. The SMILES string of the molecule is CC(=O)N[C@@H]1[C@@H](O)[C@H](O[C@@H]2O[C@H](CO)[C@@H](O[C@@H]3O[C@H](CO[C@H]4O[C@H](CO[C@@H]5O[C@H](CO)[C@@H](O)[C@H](O)[C@H]5NC(C)=O)[C@@H](O[C@@H]5O[C@H](CO)[C@@H](O)[C@H](O)[C@H]5NC(C)=O)[C@H](O)[C@@H]4O[C@@H]4O[C@H](CO)[C@@H](O)[C@H](O)[C@H]4NC(C)=O)[C@@H](O)[C@H](O[C@H]4O[C@H](CO)[C@@H](O[C@@H]5O[C@H](CO)[C@@H](O)[C@H](O)[C@H]5NC(C)=O)[C@H](O)[C@@H]4O[C@@H]4O[C@H](CO)[C@@H](O)[C@H](O)[C@H]4NC(C)=O)[C@@H]3O)[C@H](O)[C@H]2NC(C)=O)[C@@H](CO)O[C@H]1O. The number of aliphatic hydroxyl groups is 25. The third-order valence-corrected chi connectivity index (χ3v) is 23.7. The molecule has 58 nitrogen and oxygen atoms in total. The van der Waals surface area contributed by atoms with Gasteiger partial charge in [0, 0.05) is 48.5 Å². The van der Waals surface area contributed by atoms with Crippen LogP contribution in [0.1, 0.15) is 48.5 Å². The Morgan fingerprint density at radius 2 is 0.417 bits per heavy atom. The second-order valence-electron chi connectivity index (χ2n) is 33.2. The summed E-state index contributed by atoms with van der Waals surface area (Å²) in [5.41, 5.74) is 0. The fraction of sp³-hybridized carbons (Fsp3) is 0.905. The van der Waals surface area contributed by atoms with Gasteiger partial charge in [0.1, 0.15) is 244 Å². The summed E-state index contributed by atoms with van der Waals surface area (Å²) in [4.78, 5) is 89.9. The standard InChI is InChI=1S/C74H123N7O51/c1-18(90)75-35-53(108)58(30(13-87)116-65(35)113)126-71-41(81-24(7)96)54(109)59(31(14-88)122-71)129-72-57(112)62(130-74-64(132-70-40(80-23(6)95)52(107)46(101)29(12-86)121-70)55(110)60(32(15-89)123-74)127-67-37(77-20(3)92)49(104)43(98)26(9-83)118-67)47(102)33(124-72)16-115-73-63(131-69-39(79-22(5)94)51(106)45(100)28(11-85)120-69)56(111)61(128-68-38(78-21(4)93)50(105)44(99)27(10-84)119-68)34(125-73)17-114-66-36(76-19(2)91)48(103)42(97)25(8-82)117-66/h25-74,82-89,97-113H,8-17H2,1-7H3,(H,75,90)(H,76,91)(H,77,92)(H,78,93)(H,79,94)(H,80,95)(H,81,96)/t25-,26-,27-,28-,29-,30-,31-,32-,33-,34-,35-,36-,37-,38-,39-,40-,41-,42-,43-,44-,45-,46-,47-,48-,49-,50-,51-,52-,53-,54-,55+,56+,57+,58-,59-,60-,61-,62+,63+,64+,65-,66-,67+,68+,69+,70+,71+,72+,73+,74-/m1/s1. The lowest BCUT2D eigenvalue weighted by Crippen LogP contribution is -2.71. The Kier molecular flexibility index (Phi) is 39.4. The van der Waals surface area contributed by atoms with E-state index >= 15 is 0 Å². The highest BCUT2D eigenvalue weighted by Gasteiger charge is 2.63. The zero-order valence-corrected chi connectivity index (χ0v) is 71.7. The van der Waals surface area contributed by atoms with Gasteiger partial charge in [0.25, 0.3) is 0 Å². The molecule has 0 bridgehead atoms. The molecule has 132 heavy (non-hydrogen) atoms. The Labute approximate surface area is 748 Å². The van der Waals surface area contributed by atoms with Gasteiger partial charge in [0.05, 0.1) is 66.1 Å². The quantitative estimate of drug-likeness (QED) is 0.0280. The third kappa shape index (κ3) is 24.9. The molecular weight excluding hydrogens is 1800 g/mol. The molecule has 760 valence electrons. The Balaban J connectivity index is 1.11. The van der Waals surface area contributed by atoms with E-state index in [1.54, 1.807) is 0 Å². The molecule has 10 saturated heterocycles. The monoisotopic (exact) mass is 1930 g/mol. The molecule has 0 saturated carbocycles. The lowest BCUT2D eigenvalue weighted by atomic mass is 9.93. The van der Waals surface area contributed by atoms with Crippen LogP contribution < -0.4 is 37.2 Å². The first kappa shape index (κ1) is 109. The first-order chi connectivity index (χ1) is 62.4. The van der Waals surface area contributed by atoms with Crippen LogP contribution in [0.2, 0.25) is 0 Å². The Morgan fingerprint density at radius 1 is 0.197 bits per heavy atom. The summed E-state index contributed by atoms with van der Waals surface area (Å²) >= 11 is 0. The Bertz CT molecular complexity index is 3700. The van der Waals surface area contributed by atoms with E-state index in [1.165, 1.54) is 0 Å². The number of nitrogens with one attached hydrogen (secondary N) is 7. The van der Waals surface area contributed by atoms with Crippen LogP contribution in [0.5, 0.6) is 0 Å². The highest BCUT2D eigenvalue weighted by Crippen LogP contribution is 2.42. The van der Waals surface area contributed by atoms with Crippen molar-refractivity contribution in [2.24, 2.45) is 0 Å². The number of ether oxygens (including phenoxy) is 19. The van der Waals surface area contributed by atoms with E-state index in [4.69, 9.17) is 90.0 Å². The third-order valence-electron chi connectivity index (χ3n) is 23.7. The van der Waals surface area contributed by atoms with Crippen molar-refractivity contribution in [3.63, 3.8) is 0 Å². The molecule has 0 unspecified atom stereocenters. The maximum atomic E-state index is 13.3. The predicted molar refractivity (Wildman–Crippen MR) is 411 cm³/mol. The summed E-state index contributed by atoms with van der Waals surface area (Å²) in [5, 5.41) is 302. The molecule has 10 aliphatic heterocycles. The summed E-state index contributed by atoms with van der Waals surface area (Å²) in [6, 6.07) is -13.2. The first-order valence-electron chi connectivity index (χ1n) is 42.1. The van der Waals surface area contributed by atoms with Crippen LogP contribution in [0.3, 0.4) is 0 Å². The number of amides is 7. The van der Waals surface area contributed by atoms with Crippen LogP contribution in [-0.4, -0.2) is 542 Å². The van der Waals surface area contributed by atoms with Crippen LogP contribution in [0, 0.1) is 0 Å². The summed E-state index contributed by atoms with van der Waals surface area (Å²) in [6.45, 7) is -5.05. The Morgan fingerprint density at radius 3 is 0.758 bits per heavy atom. The van der Waals surface area contributed by atoms with Gasteiger partial charge in [-0.2, -0.15) is 0 Å². The van der Waals surface area contributed by atoms with E-state index in [-0.39, 0.29) is 0 Å². The zero-order chi connectivity index (χ0) is 97.4. The average molecular weight is 1930 g/mol. The van der Waals surface area contributed by atoms with Crippen molar-refractivity contribution in [1.82, 2.24) is 37.2 Å². The van der Waals surface area contributed by atoms with E-state index in [0.29, 0.717) is 0 Å². The van der Waals surface area contributed by atoms with Crippen molar-refractivity contribution < 1.29 is 251 Å². The van der Waals surface area contributed by atoms with Crippen molar-refractivity contribution in [2.45, 2.75) is 355 Å². The van der Waals surface area contributed by atoms with Gasteiger partial charge in [-0.05, 0) is 0 Å². The van der Waals surface area contributed by atoms with Crippen molar-refractivity contribution in [3.8, 4) is 0 Å². The van der Waals surface area contributed by atoms with Crippen molar-refractivity contribution >= 4 is 41.4 Å². The van der Waals surface area contributed by atoms with E-state index < -0.39 is 414 Å². The van der Waals surface area contributed by atoms with Gasteiger partial charge < -0.3 is 255 Å². The van der Waals surface area contributed by atoms with Gasteiger partial charge in [-0.1, -0.05) is 0 Å². The Hall–Kier alpha value is -5.47. The molecule has 10 aliphatic rings. The molecule has 0 spiro atoms. The number of carbonyl (C=O) groups excluding carboxylic acids is 7. The number of carbonyl (C=O) groups is 7. The molecule has 58 heteroatoms. The lowest BCUT2D eigenvalue weighted by molar-refractivity contribution is -0.404. The molecule has 0 aliphatic carbocycles. The zero-order valence-electron chi connectivity index (χ0n) is 71.7. The minimum Gasteiger partial charge on any atom is -0.394 e. The fourth-order valence-electron chi connectivity index (χ4n) is 17.1. The van der Waals surface area contributed by atoms with Gasteiger partial charge in [0.15, 0.2) is 62.9 Å². The molecule has 0 aromatic carbocycles. The van der Waals surface area contributed by atoms with E-state index in [2.05, 4.69) is 37.2 Å². The number of hydrogen-bond donors (Lipinski definition) is 32. The maximum absolute atomic E-state index is 13.3. The van der Waals surface area contributed by atoms with Gasteiger partial charge >= 0.3 is 0 Å². The molecular formula is C74H123N7O51. The van der Waals surface area contributed by atoms with Gasteiger partial charge in [0.2, 0.25) is 41.4 Å². The second kappa shape index (κ2) is 47.9. The summed E-state index contributed by atoms with van der Waals surface area (Å²) in [5.74, 6) is -6.49.